The number of methoxy groups -OCH3 is 1. The number of carbonyl (C=O) groups is 2. The Bertz CT molecular complexity index is 1740. The van der Waals surface area contributed by atoms with Gasteiger partial charge in [0.05, 0.1) is 13.5 Å². The maximum atomic E-state index is 12.9. The summed E-state index contributed by atoms with van der Waals surface area (Å²) in [6, 6.07) is 23.1. The summed E-state index contributed by atoms with van der Waals surface area (Å²) in [6.07, 6.45) is 0.779. The number of hydrogen-bond acceptors (Lipinski definition) is 6. The summed E-state index contributed by atoms with van der Waals surface area (Å²) in [7, 11) is 1.62. The monoisotopic (exact) mass is 538 g/mol. The van der Waals surface area contributed by atoms with E-state index in [0.29, 0.717) is 29.2 Å². The van der Waals surface area contributed by atoms with Crippen molar-refractivity contribution in [3.8, 4) is 17.1 Å². The average molecular weight is 539 g/mol. The molecule has 0 aliphatic heterocycles. The van der Waals surface area contributed by atoms with Crippen molar-refractivity contribution in [2.75, 3.05) is 20.2 Å². The van der Waals surface area contributed by atoms with Crippen LogP contribution in [0, 0.1) is 6.92 Å². The highest BCUT2D eigenvalue weighted by molar-refractivity contribution is 5.95. The number of furan rings is 1. The number of amides is 2. The smallest absolute Gasteiger partial charge is 0.347 e. The zero-order valence-corrected chi connectivity index (χ0v) is 22.4. The zero-order chi connectivity index (χ0) is 28.1. The van der Waals surface area contributed by atoms with Crippen molar-refractivity contribution < 1.29 is 23.2 Å². The van der Waals surface area contributed by atoms with Crippen molar-refractivity contribution in [1.82, 2.24) is 10.6 Å². The Morgan fingerprint density at radius 2 is 1.60 bits per heavy atom. The van der Waals surface area contributed by atoms with Crippen LogP contribution in [-0.2, 0) is 22.4 Å². The third-order valence-corrected chi connectivity index (χ3v) is 6.73. The lowest BCUT2D eigenvalue weighted by atomic mass is 10.0. The second-order valence-electron chi connectivity index (χ2n) is 9.58. The van der Waals surface area contributed by atoms with Crippen LogP contribution in [0.5, 0.6) is 5.75 Å². The minimum absolute atomic E-state index is 0.105. The summed E-state index contributed by atoms with van der Waals surface area (Å²) < 4.78 is 16.8. The number of benzene rings is 3. The Kier molecular flexibility index (Phi) is 7.96. The number of rotatable bonds is 10. The van der Waals surface area contributed by atoms with E-state index in [-0.39, 0.29) is 36.6 Å². The van der Waals surface area contributed by atoms with Crippen LogP contribution in [-0.4, -0.2) is 32.0 Å². The van der Waals surface area contributed by atoms with E-state index in [2.05, 4.69) is 10.6 Å². The molecule has 3 aromatic carbocycles. The zero-order valence-electron chi connectivity index (χ0n) is 22.4. The van der Waals surface area contributed by atoms with Crippen LogP contribution in [0.2, 0.25) is 0 Å². The standard InChI is InChI=1S/C32H30N2O6/c1-20-16-27-30(32(37)39-20)26(31(40-27)24-9-8-23-18-25(38-2)11-10-22(23)17-24)19-29(36)34-15-13-28(35)33-14-12-21-6-4-3-5-7-21/h3-11,16-18H,12-15,19H2,1-2H3,(H,33,35)(H,34,36). The maximum absolute atomic E-state index is 12.9. The molecule has 5 aromatic rings. The summed E-state index contributed by atoms with van der Waals surface area (Å²) >= 11 is 0. The summed E-state index contributed by atoms with van der Waals surface area (Å²) in [5.41, 5.74) is 2.12. The molecule has 204 valence electrons. The van der Waals surface area contributed by atoms with Crippen molar-refractivity contribution in [1.29, 1.82) is 0 Å². The van der Waals surface area contributed by atoms with Gasteiger partial charge in [0.15, 0.2) is 0 Å². The number of carbonyl (C=O) groups excluding carboxylic acids is 2. The SMILES string of the molecule is COc1ccc2cc(-c3oc4cc(C)oc(=O)c4c3CC(=O)NCCC(=O)NCCc3ccccc3)ccc2c1. The van der Waals surface area contributed by atoms with Crippen molar-refractivity contribution >= 4 is 33.6 Å². The predicted octanol–water partition coefficient (Wildman–Crippen LogP) is 4.93. The van der Waals surface area contributed by atoms with E-state index in [1.54, 1.807) is 20.1 Å². The van der Waals surface area contributed by atoms with Crippen LogP contribution in [0.3, 0.4) is 0 Å². The van der Waals surface area contributed by atoms with Gasteiger partial charge in [-0.1, -0.05) is 48.5 Å². The van der Waals surface area contributed by atoms with E-state index in [9.17, 15) is 14.4 Å². The molecular weight excluding hydrogens is 508 g/mol. The van der Waals surface area contributed by atoms with E-state index >= 15 is 0 Å². The van der Waals surface area contributed by atoms with Crippen molar-refractivity contribution in [2.24, 2.45) is 0 Å². The Hall–Kier alpha value is -4.85. The van der Waals surface area contributed by atoms with Gasteiger partial charge in [0.2, 0.25) is 11.8 Å². The van der Waals surface area contributed by atoms with Gasteiger partial charge >= 0.3 is 5.63 Å². The van der Waals surface area contributed by atoms with Gasteiger partial charge in [-0.05, 0) is 47.9 Å². The van der Waals surface area contributed by atoms with Gasteiger partial charge in [-0.25, -0.2) is 4.79 Å². The molecule has 0 spiro atoms. The highest BCUT2D eigenvalue weighted by Gasteiger charge is 2.22. The number of nitrogens with one attached hydrogen (secondary N) is 2. The molecule has 8 heteroatoms. The van der Waals surface area contributed by atoms with Gasteiger partial charge in [0.25, 0.3) is 0 Å². The summed E-state index contributed by atoms with van der Waals surface area (Å²) in [4.78, 5) is 38.0. The molecule has 0 saturated carbocycles. The first-order valence-electron chi connectivity index (χ1n) is 13.1. The van der Waals surface area contributed by atoms with E-state index < -0.39 is 5.63 Å². The fraction of sp³-hybridized carbons (Fsp3) is 0.219. The van der Waals surface area contributed by atoms with Crippen LogP contribution in [0.15, 0.2) is 86.4 Å². The normalized spacial score (nSPS) is 11.1. The molecule has 0 bridgehead atoms. The second-order valence-corrected chi connectivity index (χ2v) is 9.58. The first-order valence-corrected chi connectivity index (χ1v) is 13.1. The molecule has 40 heavy (non-hydrogen) atoms. The Morgan fingerprint density at radius 3 is 2.40 bits per heavy atom. The maximum Gasteiger partial charge on any atom is 0.347 e. The molecule has 0 aliphatic rings. The largest absolute Gasteiger partial charge is 0.497 e. The van der Waals surface area contributed by atoms with Crippen LogP contribution in [0.4, 0.5) is 0 Å². The Balaban J connectivity index is 1.30. The van der Waals surface area contributed by atoms with Crippen molar-refractivity contribution in [3.05, 3.63) is 100 Å². The Morgan fingerprint density at radius 1 is 0.850 bits per heavy atom. The van der Waals surface area contributed by atoms with Crippen molar-refractivity contribution in [2.45, 2.75) is 26.2 Å². The molecule has 0 aliphatic carbocycles. The molecular formula is C32H30N2O6. The lowest BCUT2D eigenvalue weighted by Crippen LogP contribution is -2.32. The quantitative estimate of drug-likeness (QED) is 0.261. The van der Waals surface area contributed by atoms with Gasteiger partial charge in [-0.3, -0.25) is 9.59 Å². The van der Waals surface area contributed by atoms with E-state index in [4.69, 9.17) is 13.6 Å². The third kappa shape index (κ3) is 6.07. The van der Waals surface area contributed by atoms with E-state index in [1.807, 2.05) is 66.7 Å². The molecule has 0 radical (unpaired) electrons. The average Bonchev–Trinajstić information content (AvgIpc) is 3.31. The molecule has 0 unspecified atom stereocenters. The molecule has 2 aromatic heterocycles. The first kappa shape index (κ1) is 26.7. The molecule has 2 N–H and O–H groups in total. The van der Waals surface area contributed by atoms with Crippen LogP contribution in [0.25, 0.3) is 33.1 Å². The highest BCUT2D eigenvalue weighted by atomic mass is 16.5. The number of ether oxygens (including phenoxy) is 1. The number of fused-ring (bicyclic) bond motifs is 2. The molecule has 2 amide bonds. The molecule has 5 rings (SSSR count). The van der Waals surface area contributed by atoms with E-state index in [1.165, 1.54) is 0 Å². The van der Waals surface area contributed by atoms with Gasteiger partial charge < -0.3 is 24.2 Å². The van der Waals surface area contributed by atoms with Gasteiger partial charge in [0, 0.05) is 36.7 Å². The lowest BCUT2D eigenvalue weighted by Gasteiger charge is -2.08. The fourth-order valence-corrected chi connectivity index (χ4v) is 4.73. The highest BCUT2D eigenvalue weighted by Crippen LogP contribution is 2.35. The summed E-state index contributed by atoms with van der Waals surface area (Å²) in [5, 5.41) is 7.84. The third-order valence-electron chi connectivity index (χ3n) is 6.73. The van der Waals surface area contributed by atoms with Gasteiger partial charge in [-0.2, -0.15) is 0 Å². The molecule has 0 saturated heterocycles. The van der Waals surface area contributed by atoms with Crippen LogP contribution >= 0.6 is 0 Å². The predicted molar refractivity (Wildman–Crippen MR) is 153 cm³/mol. The minimum atomic E-state index is -0.559. The van der Waals surface area contributed by atoms with Gasteiger partial charge in [-0.15, -0.1) is 0 Å². The number of hydrogen-bond donors (Lipinski definition) is 2. The number of aryl methyl sites for hydroxylation is 1. The van der Waals surface area contributed by atoms with Gasteiger partial charge in [0.1, 0.15) is 28.2 Å². The second kappa shape index (κ2) is 11.9. The summed E-state index contributed by atoms with van der Waals surface area (Å²) in [5.74, 6) is 1.12. The fourth-order valence-electron chi connectivity index (χ4n) is 4.73. The Labute approximate surface area is 230 Å². The van der Waals surface area contributed by atoms with E-state index in [0.717, 1.165) is 34.1 Å². The topological polar surface area (TPSA) is 111 Å². The van der Waals surface area contributed by atoms with Crippen LogP contribution in [0.1, 0.15) is 23.3 Å². The first-order chi connectivity index (χ1) is 19.4. The lowest BCUT2D eigenvalue weighted by molar-refractivity contribution is -0.122. The molecule has 0 atom stereocenters. The molecule has 2 heterocycles. The molecule has 0 fully saturated rings. The minimum Gasteiger partial charge on any atom is -0.497 e. The van der Waals surface area contributed by atoms with Crippen molar-refractivity contribution in [3.63, 3.8) is 0 Å². The summed E-state index contributed by atoms with van der Waals surface area (Å²) in [6.45, 7) is 2.37. The van der Waals surface area contributed by atoms with Crippen LogP contribution < -0.4 is 21.0 Å². The molecule has 8 nitrogen and oxygen atoms in total.